The van der Waals surface area contributed by atoms with Gasteiger partial charge in [-0.3, -0.25) is 4.68 Å². The van der Waals surface area contributed by atoms with Crippen molar-refractivity contribution >= 4 is 29.0 Å². The van der Waals surface area contributed by atoms with Crippen molar-refractivity contribution < 1.29 is 0 Å². The van der Waals surface area contributed by atoms with Crippen LogP contribution in [-0.4, -0.2) is 9.78 Å². The van der Waals surface area contributed by atoms with Crippen LogP contribution in [0.1, 0.15) is 19.0 Å². The van der Waals surface area contributed by atoms with E-state index >= 15 is 0 Å². The number of anilines is 1. The quantitative estimate of drug-likeness (QED) is 0.928. The van der Waals surface area contributed by atoms with E-state index in [9.17, 15) is 0 Å². The van der Waals surface area contributed by atoms with E-state index in [0.29, 0.717) is 15.9 Å². The number of aryl methyl sites for hydroxylation is 2. The summed E-state index contributed by atoms with van der Waals surface area (Å²) in [7, 11) is 1.84. The van der Waals surface area contributed by atoms with Gasteiger partial charge >= 0.3 is 0 Å². The Balaban J connectivity index is 2.58. The number of rotatable bonds is 3. The molecule has 0 aliphatic rings. The van der Waals surface area contributed by atoms with E-state index in [1.165, 1.54) is 0 Å². The van der Waals surface area contributed by atoms with Crippen molar-refractivity contribution in [3.8, 4) is 11.1 Å². The van der Waals surface area contributed by atoms with Crippen LogP contribution in [0, 0.1) is 0 Å². The molecule has 1 aromatic heterocycles. The monoisotopic (exact) mass is 283 g/mol. The van der Waals surface area contributed by atoms with Crippen LogP contribution in [0.25, 0.3) is 11.1 Å². The van der Waals surface area contributed by atoms with Gasteiger partial charge in [0.05, 0.1) is 15.7 Å². The molecule has 0 spiro atoms. The fourth-order valence-electron chi connectivity index (χ4n) is 1.97. The maximum Gasteiger partial charge on any atom is 0.129 e. The Bertz CT molecular complexity index is 576. The molecule has 18 heavy (non-hydrogen) atoms. The molecule has 3 nitrogen and oxygen atoms in total. The Labute approximate surface area is 117 Å². The van der Waals surface area contributed by atoms with E-state index in [4.69, 9.17) is 28.9 Å². The Kier molecular flexibility index (Phi) is 3.83. The molecule has 0 amide bonds. The summed E-state index contributed by atoms with van der Waals surface area (Å²) in [4.78, 5) is 0. The minimum atomic E-state index is 0.528. The molecular weight excluding hydrogens is 269 g/mol. The minimum Gasteiger partial charge on any atom is -0.383 e. The van der Waals surface area contributed by atoms with Gasteiger partial charge in [-0.15, -0.1) is 0 Å². The van der Waals surface area contributed by atoms with Crippen LogP contribution in [0.2, 0.25) is 10.0 Å². The molecule has 0 saturated heterocycles. The Hall–Kier alpha value is -1.19. The van der Waals surface area contributed by atoms with Crippen molar-refractivity contribution in [3.05, 3.63) is 33.9 Å². The number of hydrogen-bond donors (Lipinski definition) is 1. The van der Waals surface area contributed by atoms with Gasteiger partial charge in [-0.1, -0.05) is 42.6 Å². The normalized spacial score (nSPS) is 10.9. The highest BCUT2D eigenvalue weighted by Gasteiger charge is 2.15. The van der Waals surface area contributed by atoms with Crippen molar-refractivity contribution in [3.63, 3.8) is 0 Å². The lowest BCUT2D eigenvalue weighted by atomic mass is 10.0. The van der Waals surface area contributed by atoms with Crippen molar-refractivity contribution in [1.29, 1.82) is 0 Å². The van der Waals surface area contributed by atoms with Gasteiger partial charge in [0.2, 0.25) is 0 Å². The second-order valence-electron chi connectivity index (χ2n) is 4.21. The molecule has 0 saturated carbocycles. The fourth-order valence-corrected chi connectivity index (χ4v) is 2.27. The van der Waals surface area contributed by atoms with Crippen molar-refractivity contribution in [2.45, 2.75) is 19.8 Å². The third-order valence-electron chi connectivity index (χ3n) is 2.86. The standard InChI is InChI=1S/C13H15Cl2N3/c1-3-4-11-12(13(16)18(2)17-11)8-5-6-9(14)10(15)7-8/h5-7H,3-4,16H2,1-2H3. The zero-order chi connectivity index (χ0) is 13.3. The lowest BCUT2D eigenvalue weighted by Gasteiger charge is -2.05. The number of hydrogen-bond acceptors (Lipinski definition) is 2. The molecule has 96 valence electrons. The van der Waals surface area contributed by atoms with E-state index < -0.39 is 0 Å². The topological polar surface area (TPSA) is 43.8 Å². The number of nitrogen functional groups attached to an aromatic ring is 1. The van der Waals surface area contributed by atoms with Gasteiger partial charge in [-0.2, -0.15) is 5.10 Å². The van der Waals surface area contributed by atoms with Crippen LogP contribution in [0.3, 0.4) is 0 Å². The van der Waals surface area contributed by atoms with Crippen LogP contribution < -0.4 is 5.73 Å². The Morgan fingerprint density at radius 1 is 1.28 bits per heavy atom. The lowest BCUT2D eigenvalue weighted by Crippen LogP contribution is -1.98. The molecule has 0 fully saturated rings. The second kappa shape index (κ2) is 5.21. The SMILES string of the molecule is CCCc1nn(C)c(N)c1-c1ccc(Cl)c(Cl)c1. The first-order valence-corrected chi connectivity index (χ1v) is 6.57. The molecule has 0 aliphatic carbocycles. The highest BCUT2D eigenvalue weighted by atomic mass is 35.5. The average molecular weight is 284 g/mol. The van der Waals surface area contributed by atoms with Crippen LogP contribution in [0.4, 0.5) is 5.82 Å². The number of nitrogens with zero attached hydrogens (tertiary/aromatic N) is 2. The molecule has 5 heteroatoms. The zero-order valence-electron chi connectivity index (χ0n) is 10.4. The van der Waals surface area contributed by atoms with Gasteiger partial charge in [0.15, 0.2) is 0 Å². The molecule has 2 N–H and O–H groups in total. The Morgan fingerprint density at radius 3 is 2.61 bits per heavy atom. The third kappa shape index (κ3) is 2.33. The predicted octanol–water partition coefficient (Wildman–Crippen LogP) is 3.93. The Morgan fingerprint density at radius 2 is 2.00 bits per heavy atom. The first-order valence-electron chi connectivity index (χ1n) is 5.81. The van der Waals surface area contributed by atoms with Crippen LogP contribution >= 0.6 is 23.2 Å². The van der Waals surface area contributed by atoms with Gasteiger partial charge in [0, 0.05) is 12.6 Å². The number of aromatic nitrogens is 2. The van der Waals surface area contributed by atoms with Crippen LogP contribution in [0.5, 0.6) is 0 Å². The molecule has 0 atom stereocenters. The van der Waals surface area contributed by atoms with Crippen LogP contribution in [0.15, 0.2) is 18.2 Å². The molecule has 0 radical (unpaired) electrons. The maximum atomic E-state index is 6.08. The largest absolute Gasteiger partial charge is 0.383 e. The summed E-state index contributed by atoms with van der Waals surface area (Å²) in [5, 5.41) is 5.51. The molecule has 2 aromatic rings. The second-order valence-corrected chi connectivity index (χ2v) is 5.02. The summed E-state index contributed by atoms with van der Waals surface area (Å²) in [5.41, 5.74) is 8.99. The first kappa shape index (κ1) is 13.2. The van der Waals surface area contributed by atoms with E-state index in [1.807, 2.05) is 19.2 Å². The van der Waals surface area contributed by atoms with Crippen molar-refractivity contribution in [2.75, 3.05) is 5.73 Å². The number of halogens is 2. The molecule has 1 aromatic carbocycles. The summed E-state index contributed by atoms with van der Waals surface area (Å²) in [6, 6.07) is 5.53. The van der Waals surface area contributed by atoms with E-state index in [0.717, 1.165) is 29.7 Å². The maximum absolute atomic E-state index is 6.08. The van der Waals surface area contributed by atoms with Gasteiger partial charge < -0.3 is 5.73 Å². The molecule has 0 bridgehead atoms. The highest BCUT2D eigenvalue weighted by Crippen LogP contribution is 2.34. The van der Waals surface area contributed by atoms with Crippen molar-refractivity contribution in [2.24, 2.45) is 7.05 Å². The molecule has 0 unspecified atom stereocenters. The van der Waals surface area contributed by atoms with Gasteiger partial charge in [-0.25, -0.2) is 0 Å². The summed E-state index contributed by atoms with van der Waals surface area (Å²) in [5.74, 6) is 0.650. The number of nitrogens with two attached hydrogens (primary N) is 1. The van der Waals surface area contributed by atoms with E-state index in [1.54, 1.807) is 10.7 Å². The minimum absolute atomic E-state index is 0.528. The third-order valence-corrected chi connectivity index (χ3v) is 3.60. The summed E-state index contributed by atoms with van der Waals surface area (Å²) < 4.78 is 1.70. The predicted molar refractivity (Wildman–Crippen MR) is 77.1 cm³/mol. The van der Waals surface area contributed by atoms with Gasteiger partial charge in [-0.05, 0) is 24.1 Å². The fraction of sp³-hybridized carbons (Fsp3) is 0.308. The summed E-state index contributed by atoms with van der Waals surface area (Å²) in [6.45, 7) is 2.11. The average Bonchev–Trinajstić information content (AvgIpc) is 2.60. The molecule has 0 aliphatic heterocycles. The number of benzene rings is 1. The lowest BCUT2D eigenvalue weighted by molar-refractivity contribution is 0.741. The first-order chi connectivity index (χ1) is 8.54. The van der Waals surface area contributed by atoms with E-state index in [-0.39, 0.29) is 0 Å². The van der Waals surface area contributed by atoms with Gasteiger partial charge in [0.1, 0.15) is 5.82 Å². The smallest absolute Gasteiger partial charge is 0.129 e. The van der Waals surface area contributed by atoms with Gasteiger partial charge in [0.25, 0.3) is 0 Å². The molecular formula is C13H15Cl2N3. The summed E-state index contributed by atoms with van der Waals surface area (Å²) >= 11 is 12.0. The zero-order valence-corrected chi connectivity index (χ0v) is 11.9. The molecule has 2 rings (SSSR count). The highest BCUT2D eigenvalue weighted by molar-refractivity contribution is 6.42. The molecule has 1 heterocycles. The van der Waals surface area contributed by atoms with Crippen molar-refractivity contribution in [1.82, 2.24) is 9.78 Å². The van der Waals surface area contributed by atoms with Crippen LogP contribution in [-0.2, 0) is 13.5 Å². The summed E-state index contributed by atoms with van der Waals surface area (Å²) in [6.07, 6.45) is 1.91. The van der Waals surface area contributed by atoms with E-state index in [2.05, 4.69) is 12.0 Å².